The van der Waals surface area contributed by atoms with Crippen molar-refractivity contribution in [3.8, 4) is 0 Å². The van der Waals surface area contributed by atoms with Crippen LogP contribution < -0.4 is 5.32 Å². The maximum absolute atomic E-state index is 12.3. The van der Waals surface area contributed by atoms with Gasteiger partial charge in [0.2, 0.25) is 0 Å². The molecule has 1 atom stereocenters. The van der Waals surface area contributed by atoms with Crippen molar-refractivity contribution >= 4 is 11.3 Å². The van der Waals surface area contributed by atoms with E-state index in [0.717, 1.165) is 24.4 Å². The number of halogens is 3. The van der Waals surface area contributed by atoms with Gasteiger partial charge in [-0.25, -0.2) is 4.98 Å². The second-order valence-electron chi connectivity index (χ2n) is 5.35. The lowest BCUT2D eigenvalue weighted by Gasteiger charge is -2.33. The van der Waals surface area contributed by atoms with Gasteiger partial charge < -0.3 is 5.32 Å². The van der Waals surface area contributed by atoms with Crippen molar-refractivity contribution in [3.05, 3.63) is 16.6 Å². The fourth-order valence-electron chi connectivity index (χ4n) is 2.46. The summed E-state index contributed by atoms with van der Waals surface area (Å²) in [6.07, 6.45) is -0.729. The van der Waals surface area contributed by atoms with Gasteiger partial charge in [0.15, 0.2) is 0 Å². The second-order valence-corrected chi connectivity index (χ2v) is 6.27. The standard InChI is InChI=1S/C13H20F3N3S/c1-10(12-17-4-7-20-12)8-18-11-2-5-19(6-3-11)9-13(14,15)16/h4,7,10-11,18H,2-3,5-6,8-9H2,1H3. The minimum Gasteiger partial charge on any atom is -0.313 e. The van der Waals surface area contributed by atoms with Crippen LogP contribution >= 0.6 is 11.3 Å². The van der Waals surface area contributed by atoms with E-state index >= 15 is 0 Å². The lowest BCUT2D eigenvalue weighted by Crippen LogP contribution is -2.46. The molecule has 0 aliphatic carbocycles. The molecule has 0 amide bonds. The monoisotopic (exact) mass is 307 g/mol. The average Bonchev–Trinajstić information content (AvgIpc) is 2.89. The van der Waals surface area contributed by atoms with Crippen LogP contribution in [0, 0.1) is 0 Å². The van der Waals surface area contributed by atoms with Crippen molar-refractivity contribution in [3.63, 3.8) is 0 Å². The van der Waals surface area contributed by atoms with E-state index in [9.17, 15) is 13.2 Å². The number of alkyl halides is 3. The molecule has 20 heavy (non-hydrogen) atoms. The van der Waals surface area contributed by atoms with Crippen LogP contribution in [0.4, 0.5) is 13.2 Å². The molecule has 0 aromatic carbocycles. The Hall–Kier alpha value is -0.660. The van der Waals surface area contributed by atoms with Crippen LogP contribution in [0.5, 0.6) is 0 Å². The van der Waals surface area contributed by atoms with E-state index in [2.05, 4.69) is 17.2 Å². The molecule has 7 heteroatoms. The van der Waals surface area contributed by atoms with Crippen LogP contribution in [0.1, 0.15) is 30.7 Å². The number of aromatic nitrogens is 1. The van der Waals surface area contributed by atoms with E-state index in [-0.39, 0.29) is 0 Å². The van der Waals surface area contributed by atoms with Gasteiger partial charge in [0.25, 0.3) is 0 Å². The number of likely N-dealkylation sites (tertiary alicyclic amines) is 1. The predicted octanol–water partition coefficient (Wildman–Crippen LogP) is 2.86. The highest BCUT2D eigenvalue weighted by Gasteiger charge is 2.32. The molecule has 0 saturated carbocycles. The van der Waals surface area contributed by atoms with E-state index < -0.39 is 12.7 Å². The summed E-state index contributed by atoms with van der Waals surface area (Å²) < 4.78 is 36.9. The van der Waals surface area contributed by atoms with Gasteiger partial charge in [-0.1, -0.05) is 6.92 Å². The summed E-state index contributed by atoms with van der Waals surface area (Å²) in [6.45, 7) is 3.20. The Morgan fingerprint density at radius 1 is 1.45 bits per heavy atom. The topological polar surface area (TPSA) is 28.2 Å². The Morgan fingerprint density at radius 2 is 2.15 bits per heavy atom. The molecule has 1 aliphatic rings. The minimum absolute atomic E-state index is 0.321. The molecule has 1 unspecified atom stereocenters. The zero-order valence-electron chi connectivity index (χ0n) is 11.5. The average molecular weight is 307 g/mol. The molecule has 114 valence electrons. The molecule has 1 saturated heterocycles. The van der Waals surface area contributed by atoms with Crippen LogP contribution in [-0.4, -0.2) is 48.3 Å². The zero-order chi connectivity index (χ0) is 14.6. The normalized spacial score (nSPS) is 20.2. The number of piperidine rings is 1. The Morgan fingerprint density at radius 3 is 2.70 bits per heavy atom. The van der Waals surface area contributed by atoms with Gasteiger partial charge in [0.1, 0.15) is 0 Å². The van der Waals surface area contributed by atoms with Crippen LogP contribution in [0.15, 0.2) is 11.6 Å². The first-order valence-corrected chi connectivity index (χ1v) is 7.74. The highest BCUT2D eigenvalue weighted by molar-refractivity contribution is 7.09. The van der Waals surface area contributed by atoms with Gasteiger partial charge in [-0.3, -0.25) is 4.90 Å². The summed E-state index contributed by atoms with van der Waals surface area (Å²) in [4.78, 5) is 5.77. The SMILES string of the molecule is CC(CNC1CCN(CC(F)(F)F)CC1)c1nccs1. The highest BCUT2D eigenvalue weighted by Crippen LogP contribution is 2.21. The summed E-state index contributed by atoms with van der Waals surface area (Å²) in [5.74, 6) is 0.350. The quantitative estimate of drug-likeness (QED) is 0.906. The Kier molecular flexibility index (Phi) is 5.40. The minimum atomic E-state index is -4.08. The molecular formula is C13H20F3N3S. The first kappa shape index (κ1) is 15.7. The van der Waals surface area contributed by atoms with Crippen LogP contribution in [0.3, 0.4) is 0 Å². The number of hydrogen-bond acceptors (Lipinski definition) is 4. The lowest BCUT2D eigenvalue weighted by atomic mass is 10.0. The van der Waals surface area contributed by atoms with Crippen molar-refractivity contribution < 1.29 is 13.2 Å². The van der Waals surface area contributed by atoms with Gasteiger partial charge in [-0.15, -0.1) is 11.3 Å². The van der Waals surface area contributed by atoms with E-state index in [1.165, 1.54) is 4.90 Å². The predicted molar refractivity (Wildman–Crippen MR) is 74.0 cm³/mol. The molecule has 1 N–H and O–H groups in total. The molecule has 2 heterocycles. The Labute approximate surface area is 121 Å². The highest BCUT2D eigenvalue weighted by atomic mass is 32.1. The van der Waals surface area contributed by atoms with Gasteiger partial charge in [0, 0.05) is 30.1 Å². The van der Waals surface area contributed by atoms with E-state index in [0.29, 0.717) is 25.0 Å². The van der Waals surface area contributed by atoms with Gasteiger partial charge in [0.05, 0.1) is 11.6 Å². The zero-order valence-corrected chi connectivity index (χ0v) is 12.3. The van der Waals surface area contributed by atoms with Crippen molar-refractivity contribution in [2.75, 3.05) is 26.2 Å². The summed E-state index contributed by atoms with van der Waals surface area (Å²) >= 11 is 1.64. The molecule has 1 aromatic heterocycles. The van der Waals surface area contributed by atoms with E-state index in [4.69, 9.17) is 0 Å². The third-order valence-corrected chi connectivity index (χ3v) is 4.58. The third-order valence-electron chi connectivity index (χ3n) is 3.58. The van der Waals surface area contributed by atoms with E-state index in [1.807, 2.05) is 5.38 Å². The number of rotatable bonds is 5. The number of hydrogen-bond donors (Lipinski definition) is 1. The molecule has 0 bridgehead atoms. The Bertz CT molecular complexity index is 386. The maximum Gasteiger partial charge on any atom is 0.401 e. The number of nitrogens with zero attached hydrogens (tertiary/aromatic N) is 2. The van der Waals surface area contributed by atoms with Crippen molar-refractivity contribution in [1.29, 1.82) is 0 Å². The molecule has 0 spiro atoms. The summed E-state index contributed by atoms with van der Waals surface area (Å²) in [7, 11) is 0. The van der Waals surface area contributed by atoms with Gasteiger partial charge >= 0.3 is 6.18 Å². The van der Waals surface area contributed by atoms with Gasteiger partial charge in [-0.05, 0) is 25.9 Å². The second kappa shape index (κ2) is 6.87. The Balaban J connectivity index is 1.67. The largest absolute Gasteiger partial charge is 0.401 e. The molecule has 0 radical (unpaired) electrons. The summed E-state index contributed by atoms with van der Waals surface area (Å²) in [6, 6.07) is 0.321. The van der Waals surface area contributed by atoms with E-state index in [1.54, 1.807) is 17.5 Å². The smallest absolute Gasteiger partial charge is 0.313 e. The first-order valence-electron chi connectivity index (χ1n) is 6.86. The lowest BCUT2D eigenvalue weighted by molar-refractivity contribution is -0.148. The number of thiazole rings is 1. The molecule has 1 aromatic rings. The van der Waals surface area contributed by atoms with Crippen LogP contribution in [0.25, 0.3) is 0 Å². The maximum atomic E-state index is 12.3. The molecule has 3 nitrogen and oxygen atoms in total. The molecule has 1 fully saturated rings. The van der Waals surface area contributed by atoms with Crippen molar-refractivity contribution in [2.24, 2.45) is 0 Å². The number of nitrogens with one attached hydrogen (secondary N) is 1. The molecular weight excluding hydrogens is 287 g/mol. The van der Waals surface area contributed by atoms with Crippen LogP contribution in [-0.2, 0) is 0 Å². The first-order chi connectivity index (χ1) is 9.44. The van der Waals surface area contributed by atoms with Crippen molar-refractivity contribution in [2.45, 2.75) is 37.9 Å². The molecule has 1 aliphatic heterocycles. The third kappa shape index (κ3) is 5.03. The summed E-state index contributed by atoms with van der Waals surface area (Å²) in [5, 5.41) is 6.52. The van der Waals surface area contributed by atoms with Crippen LogP contribution in [0.2, 0.25) is 0 Å². The van der Waals surface area contributed by atoms with Gasteiger partial charge in [-0.2, -0.15) is 13.2 Å². The molecule has 2 rings (SSSR count). The fraction of sp³-hybridized carbons (Fsp3) is 0.769. The van der Waals surface area contributed by atoms with Crippen molar-refractivity contribution in [1.82, 2.24) is 15.2 Å². The fourth-order valence-corrected chi connectivity index (χ4v) is 3.16. The summed E-state index contributed by atoms with van der Waals surface area (Å²) in [5.41, 5.74) is 0.